The van der Waals surface area contributed by atoms with Gasteiger partial charge in [-0.1, -0.05) is 0 Å². The fraction of sp³-hybridized carbons (Fsp3) is 0.500. The average molecular weight is 337 g/mol. The van der Waals surface area contributed by atoms with Gasteiger partial charge in [0.05, 0.1) is 12.0 Å². The summed E-state index contributed by atoms with van der Waals surface area (Å²) < 4.78 is 6.81. The molecule has 0 saturated carbocycles. The summed E-state index contributed by atoms with van der Waals surface area (Å²) in [5.41, 5.74) is 8.87. The van der Waals surface area contributed by atoms with Gasteiger partial charge in [-0.25, -0.2) is 9.78 Å². The van der Waals surface area contributed by atoms with Gasteiger partial charge in [-0.05, 0) is 6.42 Å². The van der Waals surface area contributed by atoms with Crippen molar-refractivity contribution in [2.24, 2.45) is 7.05 Å². The van der Waals surface area contributed by atoms with Crippen LogP contribution in [-0.4, -0.2) is 62.6 Å². The molecule has 2 N–H and O–H groups in total. The Bertz CT molecular complexity index is 650. The molecule has 0 saturated heterocycles. The number of ketones is 1. The molecule has 1 aromatic heterocycles. The highest BCUT2D eigenvalue weighted by Gasteiger charge is 2.26. The number of aryl methyl sites for hydroxylation is 1. The number of aliphatic carboxylic acids is 1. The quantitative estimate of drug-likeness (QED) is 0.324. The van der Waals surface area contributed by atoms with Crippen molar-refractivity contribution >= 4 is 23.9 Å². The molecule has 130 valence electrons. The van der Waals surface area contributed by atoms with Gasteiger partial charge in [-0.15, -0.1) is 0 Å². The molecule has 1 heterocycles. The lowest BCUT2D eigenvalue weighted by molar-refractivity contribution is -0.144. The predicted octanol–water partition coefficient (Wildman–Crippen LogP) is -0.803. The molecule has 1 rings (SSSR count). The molecule has 10 nitrogen and oxygen atoms in total. The van der Waals surface area contributed by atoms with E-state index in [1.54, 1.807) is 24.1 Å². The highest BCUT2D eigenvalue weighted by Crippen LogP contribution is 2.05. The molecule has 24 heavy (non-hydrogen) atoms. The average Bonchev–Trinajstić information content (AvgIpc) is 2.93. The third kappa shape index (κ3) is 6.11. The van der Waals surface area contributed by atoms with Gasteiger partial charge >= 0.3 is 12.2 Å². The molecule has 0 bridgehead atoms. The van der Waals surface area contributed by atoms with E-state index < -0.39 is 29.8 Å². The van der Waals surface area contributed by atoms with Gasteiger partial charge in [0, 0.05) is 33.2 Å². The first-order valence-electron chi connectivity index (χ1n) is 7.10. The monoisotopic (exact) mass is 337 g/mol. The zero-order valence-corrected chi connectivity index (χ0v) is 13.4. The minimum Gasteiger partial charge on any atom is -0.480 e. The van der Waals surface area contributed by atoms with Crippen LogP contribution < -0.4 is 5.32 Å². The number of rotatable bonds is 10. The van der Waals surface area contributed by atoms with Crippen molar-refractivity contribution in [2.75, 3.05) is 7.11 Å². The summed E-state index contributed by atoms with van der Waals surface area (Å²) in [7, 11) is 3.12. The molecule has 0 aromatic carbocycles. The van der Waals surface area contributed by atoms with E-state index in [0.29, 0.717) is 11.9 Å². The fourth-order valence-electron chi connectivity index (χ4n) is 1.98. The molecule has 2 atom stereocenters. The van der Waals surface area contributed by atoms with Crippen LogP contribution in [0.15, 0.2) is 12.5 Å². The number of aromatic nitrogens is 2. The molecular formula is C14H19N5O5. The van der Waals surface area contributed by atoms with E-state index >= 15 is 0 Å². The van der Waals surface area contributed by atoms with E-state index in [1.165, 1.54) is 7.11 Å². The van der Waals surface area contributed by atoms with Gasteiger partial charge in [-0.3, -0.25) is 9.59 Å². The van der Waals surface area contributed by atoms with E-state index in [0.717, 1.165) is 0 Å². The first-order chi connectivity index (χ1) is 11.4. The van der Waals surface area contributed by atoms with Gasteiger partial charge in [0.2, 0.25) is 11.7 Å². The van der Waals surface area contributed by atoms with Crippen molar-refractivity contribution in [1.82, 2.24) is 14.9 Å². The molecule has 0 unspecified atom stereocenters. The minimum absolute atomic E-state index is 0.133. The van der Waals surface area contributed by atoms with Crippen LogP contribution in [0, 0.1) is 0 Å². The van der Waals surface area contributed by atoms with Crippen LogP contribution in [0.2, 0.25) is 0 Å². The van der Waals surface area contributed by atoms with Gasteiger partial charge in [0.15, 0.2) is 0 Å². The van der Waals surface area contributed by atoms with Crippen LogP contribution in [-0.2, 0) is 32.6 Å². The maximum absolute atomic E-state index is 12.2. The molecule has 0 aliphatic heterocycles. The van der Waals surface area contributed by atoms with Crippen LogP contribution in [0.3, 0.4) is 0 Å². The maximum atomic E-state index is 12.2. The molecular weight excluding hydrogens is 318 g/mol. The second-order valence-electron chi connectivity index (χ2n) is 5.11. The highest BCUT2D eigenvalue weighted by atomic mass is 16.5. The number of methoxy groups -OCH3 is 1. The van der Waals surface area contributed by atoms with Crippen molar-refractivity contribution in [3.63, 3.8) is 0 Å². The lowest BCUT2D eigenvalue weighted by Gasteiger charge is -2.18. The first kappa shape index (κ1) is 19.2. The molecule has 1 amide bonds. The summed E-state index contributed by atoms with van der Waals surface area (Å²) in [5, 5.41) is 11.5. The van der Waals surface area contributed by atoms with Gasteiger partial charge in [0.25, 0.3) is 0 Å². The third-order valence-electron chi connectivity index (χ3n) is 3.23. The number of carboxylic acids is 1. The third-order valence-corrected chi connectivity index (χ3v) is 3.23. The summed E-state index contributed by atoms with van der Waals surface area (Å²) >= 11 is 0. The Labute approximate surface area is 138 Å². The largest absolute Gasteiger partial charge is 0.480 e. The highest BCUT2D eigenvalue weighted by molar-refractivity contribution is 6.25. The van der Waals surface area contributed by atoms with Crippen molar-refractivity contribution < 1.29 is 29.0 Å². The van der Waals surface area contributed by atoms with E-state index in [2.05, 4.69) is 15.1 Å². The maximum Gasteiger partial charge on any atom is 0.326 e. The standard InChI is InChI=1S/C14H19N5O5/c1-19-7-9(16-8-19)5-12(24-2)13(21)18-11(14(22)23)4-3-10(20)6-17-15/h6-8,11-12H,3-5H2,1-2H3,(H,18,21)(H,22,23)/t11-,12-/m0/s1. The lowest BCUT2D eigenvalue weighted by atomic mass is 10.1. The van der Waals surface area contributed by atoms with E-state index in [1.807, 2.05) is 0 Å². The van der Waals surface area contributed by atoms with E-state index in [-0.39, 0.29) is 19.3 Å². The summed E-state index contributed by atoms with van der Waals surface area (Å²) in [6.45, 7) is 0. The van der Waals surface area contributed by atoms with Crippen LogP contribution in [0.1, 0.15) is 18.5 Å². The number of hydrogen-bond acceptors (Lipinski definition) is 5. The van der Waals surface area contributed by atoms with E-state index in [4.69, 9.17) is 15.4 Å². The molecule has 0 radical (unpaired) electrons. The van der Waals surface area contributed by atoms with Crippen molar-refractivity contribution in [3.05, 3.63) is 23.7 Å². The molecule has 0 fully saturated rings. The zero-order valence-electron chi connectivity index (χ0n) is 13.4. The second kappa shape index (κ2) is 9.33. The fourth-order valence-corrected chi connectivity index (χ4v) is 1.98. The summed E-state index contributed by atoms with van der Waals surface area (Å²) in [5.74, 6) is -2.43. The summed E-state index contributed by atoms with van der Waals surface area (Å²) in [4.78, 5) is 41.3. The Kier molecular flexibility index (Phi) is 7.47. The predicted molar refractivity (Wildman–Crippen MR) is 81.2 cm³/mol. The smallest absolute Gasteiger partial charge is 0.326 e. The van der Waals surface area contributed by atoms with Gasteiger partial charge < -0.3 is 25.3 Å². The first-order valence-corrected chi connectivity index (χ1v) is 7.10. The zero-order chi connectivity index (χ0) is 18.1. The van der Waals surface area contributed by atoms with Crippen LogP contribution in [0.4, 0.5) is 0 Å². The number of Topliss-reactive ketones (excluding diaryl/α,β-unsaturated/α-hetero) is 1. The number of nitrogens with one attached hydrogen (secondary N) is 1. The number of carbonyl (C=O) groups excluding carboxylic acids is 2. The molecule has 10 heteroatoms. The Morgan fingerprint density at radius 1 is 1.54 bits per heavy atom. The number of hydrogen-bond donors (Lipinski definition) is 2. The van der Waals surface area contributed by atoms with Crippen molar-refractivity contribution in [2.45, 2.75) is 31.4 Å². The van der Waals surface area contributed by atoms with Crippen LogP contribution >= 0.6 is 0 Å². The number of ether oxygens (including phenoxy) is 1. The lowest BCUT2D eigenvalue weighted by Crippen LogP contribution is -2.47. The second-order valence-corrected chi connectivity index (χ2v) is 5.11. The topological polar surface area (TPSA) is 147 Å². The van der Waals surface area contributed by atoms with Crippen LogP contribution in [0.5, 0.6) is 0 Å². The number of carbonyl (C=O) groups is 3. The Balaban J connectivity index is 2.66. The summed E-state index contributed by atoms with van der Waals surface area (Å²) in [6.07, 6.45) is 2.95. The number of amides is 1. The summed E-state index contributed by atoms with van der Waals surface area (Å²) in [6, 6.07) is -1.25. The Morgan fingerprint density at radius 2 is 2.25 bits per heavy atom. The van der Waals surface area contributed by atoms with Crippen molar-refractivity contribution in [3.8, 4) is 0 Å². The Hall–Kier alpha value is -2.84. The van der Waals surface area contributed by atoms with Crippen LogP contribution in [0.25, 0.3) is 5.53 Å². The Morgan fingerprint density at radius 3 is 2.75 bits per heavy atom. The molecule has 0 aliphatic carbocycles. The van der Waals surface area contributed by atoms with Gasteiger partial charge in [-0.2, -0.15) is 4.79 Å². The molecule has 0 spiro atoms. The van der Waals surface area contributed by atoms with Crippen molar-refractivity contribution in [1.29, 1.82) is 0 Å². The molecule has 0 aliphatic rings. The van der Waals surface area contributed by atoms with Gasteiger partial charge in [0.1, 0.15) is 12.1 Å². The van der Waals surface area contributed by atoms with E-state index in [9.17, 15) is 14.4 Å². The number of carboxylic acid groups (broad SMARTS) is 1. The normalized spacial score (nSPS) is 12.8. The SMILES string of the molecule is CO[C@@H](Cc1cn(C)cn1)C(=O)N[C@@H](CCC(=O)C=[N+]=[N-])C(=O)O. The minimum atomic E-state index is -1.27. The number of nitrogens with zero attached hydrogens (tertiary/aromatic N) is 4. The number of imidazole rings is 1. The molecule has 1 aromatic rings.